The Morgan fingerprint density at radius 2 is 2.21 bits per heavy atom. The zero-order chi connectivity index (χ0) is 13.7. The van der Waals surface area contributed by atoms with E-state index in [0.717, 1.165) is 5.56 Å². The number of carbonyl (C=O) groups is 1. The number of hydrogen-bond donors (Lipinski definition) is 1. The van der Waals surface area contributed by atoms with Crippen LogP contribution in [-0.2, 0) is 11.3 Å². The fourth-order valence-corrected chi connectivity index (χ4v) is 1.73. The summed E-state index contributed by atoms with van der Waals surface area (Å²) in [5.74, 6) is -0.193. The lowest BCUT2D eigenvalue weighted by molar-refractivity contribution is 0.102. The number of aromatic nitrogens is 1. The molecule has 0 radical (unpaired) electrons. The van der Waals surface area contributed by atoms with Crippen LogP contribution in [0.5, 0.6) is 0 Å². The number of anilines is 1. The smallest absolute Gasteiger partial charge is 0.255 e. The Balaban J connectivity index is 2.11. The first-order chi connectivity index (χ1) is 9.19. The van der Waals surface area contributed by atoms with E-state index in [-0.39, 0.29) is 5.91 Å². The third-order valence-electron chi connectivity index (χ3n) is 2.49. The maximum atomic E-state index is 12.0. The van der Waals surface area contributed by atoms with Gasteiger partial charge in [0, 0.05) is 12.7 Å². The predicted molar refractivity (Wildman–Crippen MR) is 74.4 cm³/mol. The van der Waals surface area contributed by atoms with E-state index in [4.69, 9.17) is 16.3 Å². The molecule has 0 unspecified atom stereocenters. The molecule has 0 aliphatic rings. The fourth-order valence-electron chi connectivity index (χ4n) is 1.62. The van der Waals surface area contributed by atoms with Gasteiger partial charge < -0.3 is 10.1 Å². The number of halogens is 1. The summed E-state index contributed by atoms with van der Waals surface area (Å²) < 4.78 is 5.04. The first-order valence-electron chi connectivity index (χ1n) is 5.70. The first-order valence-corrected chi connectivity index (χ1v) is 6.07. The van der Waals surface area contributed by atoms with Gasteiger partial charge in [-0.05, 0) is 29.8 Å². The van der Waals surface area contributed by atoms with Gasteiger partial charge in [-0.3, -0.25) is 4.79 Å². The summed E-state index contributed by atoms with van der Waals surface area (Å²) in [5, 5.41) is 3.14. The predicted octanol–water partition coefficient (Wildman–Crippen LogP) is 3.13. The molecule has 0 aliphatic heterocycles. The van der Waals surface area contributed by atoms with Crippen LogP contribution in [0.3, 0.4) is 0 Å². The monoisotopic (exact) mass is 276 g/mol. The van der Waals surface area contributed by atoms with Crippen molar-refractivity contribution < 1.29 is 9.53 Å². The molecule has 4 nitrogen and oxygen atoms in total. The molecule has 1 aromatic carbocycles. The number of pyridine rings is 1. The van der Waals surface area contributed by atoms with Crippen LogP contribution in [0, 0.1) is 0 Å². The van der Waals surface area contributed by atoms with Crippen molar-refractivity contribution in [2.75, 3.05) is 12.4 Å². The molecular weight excluding hydrogens is 264 g/mol. The molecule has 0 saturated carbocycles. The van der Waals surface area contributed by atoms with Gasteiger partial charge in [0.1, 0.15) is 5.15 Å². The SMILES string of the molecule is COCc1cccc(C(=O)Nc2ccc(Cl)nc2)c1. The summed E-state index contributed by atoms with van der Waals surface area (Å²) in [7, 11) is 1.62. The minimum atomic E-state index is -0.193. The number of carbonyl (C=O) groups excluding carboxylic acids is 1. The van der Waals surface area contributed by atoms with Crippen molar-refractivity contribution in [1.82, 2.24) is 4.98 Å². The van der Waals surface area contributed by atoms with Crippen LogP contribution >= 0.6 is 11.6 Å². The Hall–Kier alpha value is -1.91. The van der Waals surface area contributed by atoms with Gasteiger partial charge in [0.15, 0.2) is 0 Å². The Bertz CT molecular complexity index is 570. The van der Waals surface area contributed by atoms with Crippen molar-refractivity contribution in [2.24, 2.45) is 0 Å². The standard InChI is InChI=1S/C14H13ClN2O2/c1-19-9-10-3-2-4-11(7-10)14(18)17-12-5-6-13(15)16-8-12/h2-8H,9H2,1H3,(H,17,18). The number of amides is 1. The summed E-state index contributed by atoms with van der Waals surface area (Å²) in [4.78, 5) is 15.9. The highest BCUT2D eigenvalue weighted by Gasteiger charge is 2.07. The Morgan fingerprint density at radius 1 is 1.37 bits per heavy atom. The highest BCUT2D eigenvalue weighted by molar-refractivity contribution is 6.29. The minimum absolute atomic E-state index is 0.193. The summed E-state index contributed by atoms with van der Waals surface area (Å²) >= 11 is 5.68. The van der Waals surface area contributed by atoms with Crippen molar-refractivity contribution in [3.05, 3.63) is 58.9 Å². The maximum Gasteiger partial charge on any atom is 0.255 e. The van der Waals surface area contributed by atoms with Crippen LogP contribution in [-0.4, -0.2) is 18.0 Å². The topological polar surface area (TPSA) is 51.2 Å². The van der Waals surface area contributed by atoms with Crippen LogP contribution in [0.25, 0.3) is 0 Å². The number of benzene rings is 1. The van der Waals surface area contributed by atoms with Gasteiger partial charge in [0.2, 0.25) is 0 Å². The number of nitrogens with zero attached hydrogens (tertiary/aromatic N) is 1. The van der Waals surface area contributed by atoms with Crippen LogP contribution < -0.4 is 5.32 Å². The van der Waals surface area contributed by atoms with E-state index >= 15 is 0 Å². The molecular formula is C14H13ClN2O2. The van der Waals surface area contributed by atoms with Gasteiger partial charge in [-0.15, -0.1) is 0 Å². The van der Waals surface area contributed by atoms with E-state index in [9.17, 15) is 4.79 Å². The number of ether oxygens (including phenoxy) is 1. The van der Waals surface area contributed by atoms with Crippen LogP contribution in [0.2, 0.25) is 5.15 Å². The third kappa shape index (κ3) is 3.77. The Labute approximate surface area is 116 Å². The van der Waals surface area contributed by atoms with Gasteiger partial charge >= 0.3 is 0 Å². The zero-order valence-corrected chi connectivity index (χ0v) is 11.1. The Morgan fingerprint density at radius 3 is 2.89 bits per heavy atom. The Kier molecular flexibility index (Phi) is 4.49. The zero-order valence-electron chi connectivity index (χ0n) is 10.4. The molecule has 0 aliphatic carbocycles. The van der Waals surface area contributed by atoms with Crippen molar-refractivity contribution in [1.29, 1.82) is 0 Å². The quantitative estimate of drug-likeness (QED) is 0.873. The van der Waals surface area contributed by atoms with E-state index in [0.29, 0.717) is 23.0 Å². The number of methoxy groups -OCH3 is 1. The molecule has 5 heteroatoms. The molecule has 1 aromatic heterocycles. The second-order valence-electron chi connectivity index (χ2n) is 3.96. The fraction of sp³-hybridized carbons (Fsp3) is 0.143. The van der Waals surface area contributed by atoms with Crippen LogP contribution in [0.4, 0.5) is 5.69 Å². The highest BCUT2D eigenvalue weighted by atomic mass is 35.5. The first kappa shape index (κ1) is 13.5. The van der Waals surface area contributed by atoms with Gasteiger partial charge in [0.05, 0.1) is 18.5 Å². The van der Waals surface area contributed by atoms with E-state index in [1.54, 1.807) is 31.4 Å². The molecule has 98 valence electrons. The normalized spacial score (nSPS) is 10.2. The van der Waals surface area contributed by atoms with Crippen LogP contribution in [0.15, 0.2) is 42.6 Å². The van der Waals surface area contributed by atoms with Crippen molar-refractivity contribution in [3.63, 3.8) is 0 Å². The summed E-state index contributed by atoms with van der Waals surface area (Å²) in [6.45, 7) is 0.476. The lowest BCUT2D eigenvalue weighted by Gasteiger charge is -2.06. The van der Waals surface area contributed by atoms with E-state index in [1.165, 1.54) is 6.20 Å². The number of rotatable bonds is 4. The second-order valence-corrected chi connectivity index (χ2v) is 4.34. The summed E-state index contributed by atoms with van der Waals surface area (Å²) in [6.07, 6.45) is 1.51. The molecule has 0 spiro atoms. The van der Waals surface area contributed by atoms with Gasteiger partial charge in [-0.2, -0.15) is 0 Å². The van der Waals surface area contributed by atoms with Crippen molar-refractivity contribution in [2.45, 2.75) is 6.61 Å². The second kappa shape index (κ2) is 6.31. The molecule has 1 heterocycles. The third-order valence-corrected chi connectivity index (χ3v) is 2.71. The van der Waals surface area contributed by atoms with Crippen LogP contribution in [0.1, 0.15) is 15.9 Å². The average Bonchev–Trinajstić information content (AvgIpc) is 2.42. The average molecular weight is 277 g/mol. The van der Waals surface area contributed by atoms with Gasteiger partial charge in [0.25, 0.3) is 5.91 Å². The van der Waals surface area contributed by atoms with Crippen molar-refractivity contribution in [3.8, 4) is 0 Å². The van der Waals surface area contributed by atoms with Gasteiger partial charge in [-0.25, -0.2) is 4.98 Å². The lowest BCUT2D eigenvalue weighted by Crippen LogP contribution is -2.12. The summed E-state index contributed by atoms with van der Waals surface area (Å²) in [6, 6.07) is 10.6. The molecule has 1 amide bonds. The molecule has 2 rings (SSSR count). The molecule has 19 heavy (non-hydrogen) atoms. The maximum absolute atomic E-state index is 12.0. The summed E-state index contributed by atoms with van der Waals surface area (Å²) in [5.41, 5.74) is 2.13. The molecule has 0 saturated heterocycles. The largest absolute Gasteiger partial charge is 0.380 e. The number of nitrogens with one attached hydrogen (secondary N) is 1. The lowest BCUT2D eigenvalue weighted by atomic mass is 10.1. The molecule has 0 bridgehead atoms. The molecule has 1 N–H and O–H groups in total. The molecule has 2 aromatic rings. The highest BCUT2D eigenvalue weighted by Crippen LogP contribution is 2.12. The molecule has 0 atom stereocenters. The van der Waals surface area contributed by atoms with Crippen molar-refractivity contribution >= 4 is 23.2 Å². The van der Waals surface area contributed by atoms with Gasteiger partial charge in [-0.1, -0.05) is 23.7 Å². The minimum Gasteiger partial charge on any atom is -0.380 e. The van der Waals surface area contributed by atoms with E-state index < -0.39 is 0 Å². The number of hydrogen-bond acceptors (Lipinski definition) is 3. The van der Waals surface area contributed by atoms with E-state index in [1.807, 2.05) is 12.1 Å². The molecule has 0 fully saturated rings. The van der Waals surface area contributed by atoms with E-state index in [2.05, 4.69) is 10.3 Å².